The van der Waals surface area contributed by atoms with E-state index in [1.165, 1.54) is 5.56 Å². The number of benzene rings is 2. The Bertz CT molecular complexity index is 769. The Hall–Kier alpha value is -2.74. The number of allylic oxidation sites excluding steroid dienone is 1. The zero-order chi connectivity index (χ0) is 17.7. The second-order valence-corrected chi connectivity index (χ2v) is 5.99. The topological polar surface area (TPSA) is 32.3 Å². The van der Waals surface area contributed by atoms with E-state index >= 15 is 0 Å². The molecule has 0 aliphatic carbocycles. The van der Waals surface area contributed by atoms with Gasteiger partial charge in [-0.3, -0.25) is 0 Å². The summed E-state index contributed by atoms with van der Waals surface area (Å²) in [6, 6.07) is 14.3. The third kappa shape index (κ3) is 4.17. The summed E-state index contributed by atoms with van der Waals surface area (Å²) in [5.74, 6) is 0.0569. The predicted molar refractivity (Wildman–Crippen MR) is 105 cm³/mol. The molecule has 0 radical (unpaired) electrons. The van der Waals surface area contributed by atoms with Crippen LogP contribution in [0.1, 0.15) is 41.7 Å². The number of nitrogens with one attached hydrogen (secondary N) is 1. The predicted octanol–water partition coefficient (Wildman–Crippen LogP) is 5.57. The highest BCUT2D eigenvalue weighted by atomic mass is 16.3. The van der Waals surface area contributed by atoms with Crippen molar-refractivity contribution in [3.05, 3.63) is 90.0 Å². The normalized spacial score (nSPS) is 10.2. The van der Waals surface area contributed by atoms with E-state index in [2.05, 4.69) is 62.3 Å². The van der Waals surface area contributed by atoms with Crippen molar-refractivity contribution in [2.24, 2.45) is 0 Å². The molecule has 0 heterocycles. The van der Waals surface area contributed by atoms with Crippen LogP contribution in [0.15, 0.2) is 62.2 Å². The Balaban J connectivity index is 2.14. The fourth-order valence-electron chi connectivity index (χ4n) is 2.52. The zero-order valence-corrected chi connectivity index (χ0v) is 14.5. The molecule has 0 amide bonds. The average Bonchev–Trinajstić information content (AvgIpc) is 2.59. The van der Waals surface area contributed by atoms with Crippen LogP contribution in [0.5, 0.6) is 0 Å². The van der Waals surface area contributed by atoms with Crippen LogP contribution in [0, 0.1) is 0 Å². The lowest BCUT2D eigenvalue weighted by Gasteiger charge is -2.15. The highest BCUT2D eigenvalue weighted by Crippen LogP contribution is 2.23. The Kier molecular flexibility index (Phi) is 5.64. The smallest absolute Gasteiger partial charge is 0.116 e. The van der Waals surface area contributed by atoms with Gasteiger partial charge >= 0.3 is 0 Å². The molecule has 124 valence electrons. The number of hydrogen-bond acceptors (Lipinski definition) is 2. The molecular formula is C22H25NO. The fourth-order valence-corrected chi connectivity index (χ4v) is 2.52. The number of hydrogen-bond donors (Lipinski definition) is 2. The van der Waals surface area contributed by atoms with Gasteiger partial charge in [-0.15, -0.1) is 0 Å². The number of aliphatic hydroxyl groups excluding tert-OH is 1. The highest BCUT2D eigenvalue weighted by Gasteiger charge is 2.09. The van der Waals surface area contributed by atoms with Gasteiger partial charge in [0, 0.05) is 23.4 Å². The zero-order valence-electron chi connectivity index (χ0n) is 14.5. The molecule has 2 rings (SSSR count). The van der Waals surface area contributed by atoms with Crippen molar-refractivity contribution in [3.63, 3.8) is 0 Å². The molecule has 0 unspecified atom stereocenters. The van der Waals surface area contributed by atoms with Gasteiger partial charge in [-0.05, 0) is 36.1 Å². The summed E-state index contributed by atoms with van der Waals surface area (Å²) >= 11 is 0. The van der Waals surface area contributed by atoms with Crippen molar-refractivity contribution < 1.29 is 5.11 Å². The molecule has 0 atom stereocenters. The first-order valence-electron chi connectivity index (χ1n) is 8.11. The van der Waals surface area contributed by atoms with Gasteiger partial charge in [-0.2, -0.15) is 0 Å². The van der Waals surface area contributed by atoms with Crippen molar-refractivity contribution in [3.8, 4) is 0 Å². The van der Waals surface area contributed by atoms with Crippen molar-refractivity contribution in [2.45, 2.75) is 26.8 Å². The molecule has 0 fully saturated rings. The molecule has 0 aliphatic rings. The number of aryl methyl sites for hydroxylation is 1. The second kappa shape index (κ2) is 7.69. The van der Waals surface area contributed by atoms with Gasteiger partial charge in [-0.1, -0.05) is 68.6 Å². The minimum atomic E-state index is 0.0569. The highest BCUT2D eigenvalue weighted by molar-refractivity contribution is 5.75. The summed E-state index contributed by atoms with van der Waals surface area (Å²) in [6.45, 7) is 16.5. The van der Waals surface area contributed by atoms with Crippen LogP contribution in [0.2, 0.25) is 0 Å². The average molecular weight is 319 g/mol. The van der Waals surface area contributed by atoms with Gasteiger partial charge in [0.2, 0.25) is 0 Å². The third-order valence-corrected chi connectivity index (χ3v) is 4.08. The molecule has 0 saturated heterocycles. The number of aliphatic hydroxyl groups is 1. The lowest BCUT2D eigenvalue weighted by Crippen LogP contribution is -2.12. The minimum Gasteiger partial charge on any atom is -0.508 e. The lowest BCUT2D eigenvalue weighted by atomic mass is 9.99. The van der Waals surface area contributed by atoms with Gasteiger partial charge in [-0.25, -0.2) is 0 Å². The molecule has 0 saturated carbocycles. The maximum Gasteiger partial charge on any atom is 0.116 e. The van der Waals surface area contributed by atoms with Crippen LogP contribution in [-0.4, -0.2) is 5.11 Å². The van der Waals surface area contributed by atoms with Crippen LogP contribution in [0.3, 0.4) is 0 Å². The first-order valence-corrected chi connectivity index (χ1v) is 8.11. The van der Waals surface area contributed by atoms with Crippen molar-refractivity contribution in [2.75, 3.05) is 0 Å². The summed E-state index contributed by atoms with van der Waals surface area (Å²) in [6.07, 6.45) is 0.931. The van der Waals surface area contributed by atoms with Gasteiger partial charge in [0.25, 0.3) is 0 Å². The summed E-state index contributed by atoms with van der Waals surface area (Å²) in [4.78, 5) is 0. The summed E-state index contributed by atoms with van der Waals surface area (Å²) in [5, 5.41) is 13.2. The molecule has 2 aromatic rings. The van der Waals surface area contributed by atoms with E-state index in [9.17, 15) is 5.11 Å². The molecule has 2 aromatic carbocycles. The SMILES string of the molecule is C=C(C)c1ccc(CNC(=C)c2cc(CC)ccc2C(=C)O)cc1. The molecule has 2 N–H and O–H groups in total. The van der Waals surface area contributed by atoms with Crippen LogP contribution < -0.4 is 5.32 Å². The fraction of sp³-hybridized carbons (Fsp3) is 0.182. The van der Waals surface area contributed by atoms with Crippen LogP contribution in [0.4, 0.5) is 0 Å². The molecule has 0 bridgehead atoms. The van der Waals surface area contributed by atoms with Gasteiger partial charge in [0.15, 0.2) is 0 Å². The Morgan fingerprint density at radius 3 is 2.12 bits per heavy atom. The maximum atomic E-state index is 9.81. The molecule has 0 aliphatic heterocycles. The third-order valence-electron chi connectivity index (χ3n) is 4.08. The van der Waals surface area contributed by atoms with Crippen LogP contribution >= 0.6 is 0 Å². The maximum absolute atomic E-state index is 9.81. The summed E-state index contributed by atoms with van der Waals surface area (Å²) in [5.41, 5.74) is 6.94. The first-order chi connectivity index (χ1) is 11.4. The van der Waals surface area contributed by atoms with E-state index in [4.69, 9.17) is 0 Å². The summed E-state index contributed by atoms with van der Waals surface area (Å²) in [7, 11) is 0. The first kappa shape index (κ1) is 17.6. The van der Waals surface area contributed by atoms with Crippen molar-refractivity contribution in [1.29, 1.82) is 0 Å². The molecule has 2 heteroatoms. The molecular weight excluding hydrogens is 294 g/mol. The van der Waals surface area contributed by atoms with Crippen LogP contribution in [0.25, 0.3) is 17.0 Å². The van der Waals surface area contributed by atoms with E-state index in [-0.39, 0.29) is 5.76 Å². The van der Waals surface area contributed by atoms with E-state index in [0.29, 0.717) is 12.1 Å². The largest absolute Gasteiger partial charge is 0.508 e. The summed E-state index contributed by atoms with van der Waals surface area (Å²) < 4.78 is 0. The van der Waals surface area contributed by atoms with E-state index < -0.39 is 0 Å². The Morgan fingerprint density at radius 1 is 0.958 bits per heavy atom. The van der Waals surface area contributed by atoms with Crippen molar-refractivity contribution >= 4 is 17.0 Å². The van der Waals surface area contributed by atoms with E-state index in [1.807, 2.05) is 19.1 Å². The standard InChI is InChI=1S/C22H25NO/c1-6-18-9-12-21(17(5)24)22(13-18)16(4)23-14-19-7-10-20(11-8-19)15(2)3/h7-13,23-24H,2,4-6,14H2,1,3H3. The molecule has 2 nitrogen and oxygen atoms in total. The Labute approximate surface area is 144 Å². The number of rotatable bonds is 7. The van der Waals surface area contributed by atoms with E-state index in [0.717, 1.165) is 34.4 Å². The van der Waals surface area contributed by atoms with Gasteiger partial charge in [0.05, 0.1) is 0 Å². The van der Waals surface area contributed by atoms with E-state index in [1.54, 1.807) is 0 Å². The molecule has 24 heavy (non-hydrogen) atoms. The van der Waals surface area contributed by atoms with Gasteiger partial charge < -0.3 is 10.4 Å². The van der Waals surface area contributed by atoms with Crippen molar-refractivity contribution in [1.82, 2.24) is 5.32 Å². The molecule has 0 spiro atoms. The monoisotopic (exact) mass is 319 g/mol. The minimum absolute atomic E-state index is 0.0569. The lowest BCUT2D eigenvalue weighted by molar-refractivity contribution is 0.513. The van der Waals surface area contributed by atoms with Gasteiger partial charge in [0.1, 0.15) is 5.76 Å². The second-order valence-electron chi connectivity index (χ2n) is 5.99. The quantitative estimate of drug-likeness (QED) is 0.654. The molecule has 0 aromatic heterocycles. The van der Waals surface area contributed by atoms with Crippen LogP contribution in [-0.2, 0) is 13.0 Å². The Morgan fingerprint density at radius 2 is 1.58 bits per heavy atom.